The van der Waals surface area contributed by atoms with E-state index in [1.807, 2.05) is 51.1 Å². The first kappa shape index (κ1) is 19.3. The highest BCUT2D eigenvalue weighted by Crippen LogP contribution is 2.28. The number of nitrogens with zero attached hydrogens (tertiary/aromatic N) is 1. The highest BCUT2D eigenvalue weighted by molar-refractivity contribution is 7.92. The van der Waals surface area contributed by atoms with E-state index in [-0.39, 0.29) is 13.2 Å². The average Bonchev–Trinajstić information content (AvgIpc) is 2.51. The fraction of sp³-hybridized carbons (Fsp3) is 0.368. The summed E-state index contributed by atoms with van der Waals surface area (Å²) >= 11 is 0. The largest absolute Gasteiger partial charge is 0.491 e. The van der Waals surface area contributed by atoms with Crippen LogP contribution in [-0.4, -0.2) is 39.0 Å². The number of anilines is 1. The van der Waals surface area contributed by atoms with Crippen molar-refractivity contribution in [2.75, 3.05) is 23.7 Å². The van der Waals surface area contributed by atoms with Crippen molar-refractivity contribution < 1.29 is 18.3 Å². The molecule has 0 unspecified atom stereocenters. The number of ether oxygens (including phenoxy) is 1. The van der Waals surface area contributed by atoms with Crippen LogP contribution in [0, 0.1) is 20.8 Å². The molecule has 1 atom stereocenters. The SMILES string of the molecule is Cc1cc(C)c(N(C[C@H](O)COc2ccccc2)S(C)(=O)=O)c(C)c1. The Balaban J connectivity index is 2.19. The Morgan fingerprint density at radius 1 is 1.08 bits per heavy atom. The molecule has 0 aliphatic rings. The summed E-state index contributed by atoms with van der Waals surface area (Å²) in [7, 11) is -3.54. The topological polar surface area (TPSA) is 66.8 Å². The van der Waals surface area contributed by atoms with Crippen LogP contribution in [0.4, 0.5) is 5.69 Å². The van der Waals surface area contributed by atoms with Crippen molar-refractivity contribution in [3.8, 4) is 5.75 Å². The van der Waals surface area contributed by atoms with E-state index in [2.05, 4.69) is 0 Å². The van der Waals surface area contributed by atoms with Gasteiger partial charge in [-0.3, -0.25) is 4.31 Å². The summed E-state index contributed by atoms with van der Waals surface area (Å²) in [4.78, 5) is 0. The maximum atomic E-state index is 12.3. The van der Waals surface area contributed by atoms with Crippen molar-refractivity contribution in [3.05, 3.63) is 59.2 Å². The van der Waals surface area contributed by atoms with Gasteiger partial charge in [-0.05, 0) is 44.0 Å². The van der Waals surface area contributed by atoms with Crippen LogP contribution in [0.1, 0.15) is 16.7 Å². The Kier molecular flexibility index (Phi) is 6.08. The minimum atomic E-state index is -3.54. The van der Waals surface area contributed by atoms with Crippen molar-refractivity contribution in [3.63, 3.8) is 0 Å². The second kappa shape index (κ2) is 7.89. The van der Waals surface area contributed by atoms with Crippen LogP contribution in [0.15, 0.2) is 42.5 Å². The Labute approximate surface area is 149 Å². The van der Waals surface area contributed by atoms with Crippen LogP contribution in [-0.2, 0) is 10.0 Å². The lowest BCUT2D eigenvalue weighted by molar-refractivity contribution is 0.115. The number of hydrogen-bond donors (Lipinski definition) is 1. The number of rotatable bonds is 7. The number of sulfonamides is 1. The fourth-order valence-electron chi connectivity index (χ4n) is 2.91. The van der Waals surface area contributed by atoms with Gasteiger partial charge in [-0.1, -0.05) is 35.9 Å². The third kappa shape index (κ3) is 5.21. The Hall–Kier alpha value is -2.05. The molecule has 0 saturated carbocycles. The molecule has 0 aromatic heterocycles. The number of aryl methyl sites for hydroxylation is 3. The molecule has 0 heterocycles. The summed E-state index contributed by atoms with van der Waals surface area (Å²) in [5.41, 5.74) is 3.41. The zero-order valence-electron chi connectivity index (χ0n) is 15.1. The number of hydrogen-bond acceptors (Lipinski definition) is 4. The molecule has 2 aromatic carbocycles. The standard InChI is InChI=1S/C19H25NO4S/c1-14-10-15(2)19(16(3)11-14)20(25(4,22)23)12-17(21)13-24-18-8-6-5-7-9-18/h5-11,17,21H,12-13H2,1-4H3/t17-/m0/s1. The van der Waals surface area contributed by atoms with Gasteiger partial charge in [0.15, 0.2) is 0 Å². The molecule has 0 amide bonds. The zero-order chi connectivity index (χ0) is 18.6. The third-order valence-corrected chi connectivity index (χ3v) is 4.98. The number of para-hydroxylation sites is 1. The second-order valence-electron chi connectivity index (χ2n) is 6.32. The lowest BCUT2D eigenvalue weighted by Gasteiger charge is -2.28. The molecule has 0 saturated heterocycles. The molecule has 1 N–H and O–H groups in total. The first-order valence-corrected chi connectivity index (χ1v) is 9.95. The van der Waals surface area contributed by atoms with Crippen molar-refractivity contribution >= 4 is 15.7 Å². The lowest BCUT2D eigenvalue weighted by Crippen LogP contribution is -2.40. The van der Waals surface area contributed by atoms with E-state index in [1.54, 1.807) is 12.1 Å². The second-order valence-corrected chi connectivity index (χ2v) is 8.23. The molecule has 25 heavy (non-hydrogen) atoms. The first-order chi connectivity index (χ1) is 11.7. The fourth-order valence-corrected chi connectivity index (χ4v) is 3.97. The van der Waals surface area contributed by atoms with Gasteiger partial charge in [0.05, 0.1) is 18.5 Å². The van der Waals surface area contributed by atoms with E-state index in [4.69, 9.17) is 4.74 Å². The number of aliphatic hydroxyl groups is 1. The quantitative estimate of drug-likeness (QED) is 0.821. The van der Waals surface area contributed by atoms with Crippen molar-refractivity contribution in [1.82, 2.24) is 0 Å². The Morgan fingerprint density at radius 2 is 1.64 bits per heavy atom. The predicted octanol–water partition coefficient (Wildman–Crippen LogP) is 2.82. The molecule has 5 nitrogen and oxygen atoms in total. The number of benzene rings is 2. The Bertz CT molecular complexity index is 796. The molecule has 0 fully saturated rings. The minimum Gasteiger partial charge on any atom is -0.491 e. The van der Waals surface area contributed by atoms with Crippen LogP contribution in [0.2, 0.25) is 0 Å². The summed E-state index contributed by atoms with van der Waals surface area (Å²) < 4.78 is 31.4. The maximum absolute atomic E-state index is 12.3. The lowest BCUT2D eigenvalue weighted by atomic mass is 10.0. The monoisotopic (exact) mass is 363 g/mol. The third-order valence-electron chi connectivity index (χ3n) is 3.85. The van der Waals surface area contributed by atoms with Crippen LogP contribution >= 0.6 is 0 Å². The molecule has 6 heteroatoms. The molecular weight excluding hydrogens is 338 g/mol. The van der Waals surface area contributed by atoms with E-state index < -0.39 is 16.1 Å². The van der Waals surface area contributed by atoms with Crippen molar-refractivity contribution in [1.29, 1.82) is 0 Å². The van der Waals surface area contributed by atoms with E-state index in [0.29, 0.717) is 11.4 Å². The van der Waals surface area contributed by atoms with Crippen molar-refractivity contribution in [2.24, 2.45) is 0 Å². The van der Waals surface area contributed by atoms with Gasteiger partial charge < -0.3 is 9.84 Å². The molecule has 2 rings (SSSR count). The van der Waals surface area contributed by atoms with E-state index in [0.717, 1.165) is 22.9 Å². The molecule has 0 aliphatic heterocycles. The van der Waals surface area contributed by atoms with Crippen LogP contribution in [0.3, 0.4) is 0 Å². The average molecular weight is 363 g/mol. The highest BCUT2D eigenvalue weighted by Gasteiger charge is 2.24. The predicted molar refractivity (Wildman–Crippen MR) is 101 cm³/mol. The molecule has 0 bridgehead atoms. The van der Waals surface area contributed by atoms with Gasteiger partial charge in [-0.2, -0.15) is 0 Å². The van der Waals surface area contributed by atoms with Crippen LogP contribution < -0.4 is 9.04 Å². The van der Waals surface area contributed by atoms with E-state index in [1.165, 1.54) is 4.31 Å². The van der Waals surface area contributed by atoms with Gasteiger partial charge in [0, 0.05) is 0 Å². The molecular formula is C19H25NO4S. The Morgan fingerprint density at radius 3 is 2.16 bits per heavy atom. The zero-order valence-corrected chi connectivity index (χ0v) is 15.9. The van der Waals surface area contributed by atoms with Gasteiger partial charge in [-0.25, -0.2) is 8.42 Å². The van der Waals surface area contributed by atoms with E-state index in [9.17, 15) is 13.5 Å². The van der Waals surface area contributed by atoms with Gasteiger partial charge in [-0.15, -0.1) is 0 Å². The van der Waals surface area contributed by atoms with Crippen LogP contribution in [0.25, 0.3) is 0 Å². The van der Waals surface area contributed by atoms with Gasteiger partial charge in [0.2, 0.25) is 10.0 Å². The summed E-state index contributed by atoms with van der Waals surface area (Å²) in [5.74, 6) is 0.634. The normalized spacial score (nSPS) is 12.7. The molecule has 0 spiro atoms. The van der Waals surface area contributed by atoms with Gasteiger partial charge in [0.25, 0.3) is 0 Å². The smallest absolute Gasteiger partial charge is 0.232 e. The molecule has 136 valence electrons. The number of aliphatic hydroxyl groups excluding tert-OH is 1. The van der Waals surface area contributed by atoms with Gasteiger partial charge in [0.1, 0.15) is 18.5 Å². The summed E-state index contributed by atoms with van der Waals surface area (Å²) in [6.45, 7) is 5.67. The minimum absolute atomic E-state index is 0.0139. The maximum Gasteiger partial charge on any atom is 0.232 e. The molecule has 2 aromatic rings. The summed E-state index contributed by atoms with van der Waals surface area (Å²) in [6, 6.07) is 13.0. The first-order valence-electron chi connectivity index (χ1n) is 8.10. The molecule has 0 aliphatic carbocycles. The summed E-state index contributed by atoms with van der Waals surface area (Å²) in [5, 5.41) is 10.3. The highest BCUT2D eigenvalue weighted by atomic mass is 32.2. The molecule has 0 radical (unpaired) electrons. The van der Waals surface area contributed by atoms with E-state index >= 15 is 0 Å². The van der Waals surface area contributed by atoms with Gasteiger partial charge >= 0.3 is 0 Å². The summed E-state index contributed by atoms with van der Waals surface area (Å²) in [6.07, 6.45) is 0.200. The van der Waals surface area contributed by atoms with Crippen LogP contribution in [0.5, 0.6) is 5.75 Å². The van der Waals surface area contributed by atoms with Crippen molar-refractivity contribution in [2.45, 2.75) is 26.9 Å².